The lowest BCUT2D eigenvalue weighted by atomic mass is 10.3. The van der Waals surface area contributed by atoms with Gasteiger partial charge in [-0.2, -0.15) is 4.72 Å². The van der Waals surface area contributed by atoms with Crippen LogP contribution in [0.2, 0.25) is 0 Å². The van der Waals surface area contributed by atoms with Crippen molar-refractivity contribution in [2.45, 2.75) is 17.4 Å². The van der Waals surface area contributed by atoms with Gasteiger partial charge in [0.25, 0.3) is 0 Å². The SMILES string of the molecule is COc1ccc(S(=O)(=O)N[C@H]2CCSC2=O)cc1. The summed E-state index contributed by atoms with van der Waals surface area (Å²) in [6.07, 6.45) is 0.541. The van der Waals surface area contributed by atoms with E-state index < -0.39 is 16.1 Å². The third-order valence-corrected chi connectivity index (χ3v) is 5.10. The molecule has 1 aromatic rings. The van der Waals surface area contributed by atoms with Crippen LogP contribution in [0.25, 0.3) is 0 Å². The van der Waals surface area contributed by atoms with Gasteiger partial charge in [0.2, 0.25) is 15.1 Å². The highest BCUT2D eigenvalue weighted by atomic mass is 32.2. The molecule has 2 rings (SSSR count). The minimum atomic E-state index is -3.64. The Balaban J connectivity index is 2.16. The largest absolute Gasteiger partial charge is 0.497 e. The third-order valence-electron chi connectivity index (χ3n) is 2.60. The van der Waals surface area contributed by atoms with Crippen LogP contribution in [0, 0.1) is 0 Å². The molecule has 1 aliphatic rings. The summed E-state index contributed by atoms with van der Waals surface area (Å²) in [5.41, 5.74) is 0. The van der Waals surface area contributed by atoms with Crippen molar-refractivity contribution < 1.29 is 17.9 Å². The van der Waals surface area contributed by atoms with Gasteiger partial charge in [0.05, 0.1) is 18.0 Å². The molecule has 0 spiro atoms. The fourth-order valence-corrected chi connectivity index (χ4v) is 3.85. The molecule has 0 radical (unpaired) electrons. The molecule has 0 unspecified atom stereocenters. The number of hydrogen-bond donors (Lipinski definition) is 1. The van der Waals surface area contributed by atoms with Crippen molar-refractivity contribution in [2.24, 2.45) is 0 Å². The van der Waals surface area contributed by atoms with Gasteiger partial charge in [-0.25, -0.2) is 8.42 Å². The number of carbonyl (C=O) groups is 1. The fourth-order valence-electron chi connectivity index (χ4n) is 1.61. The Labute approximate surface area is 110 Å². The standard InChI is InChI=1S/C11H13NO4S2/c1-16-8-2-4-9(5-3-8)18(14,15)12-10-6-7-17-11(10)13/h2-5,10,12H,6-7H2,1H3/t10-/m0/s1. The Morgan fingerprint density at radius 1 is 1.33 bits per heavy atom. The van der Waals surface area contributed by atoms with Crippen molar-refractivity contribution in [3.63, 3.8) is 0 Å². The first-order valence-electron chi connectivity index (χ1n) is 5.36. The van der Waals surface area contributed by atoms with Crippen LogP contribution >= 0.6 is 11.8 Å². The average molecular weight is 287 g/mol. The van der Waals surface area contributed by atoms with E-state index in [9.17, 15) is 13.2 Å². The third kappa shape index (κ3) is 2.85. The second-order valence-electron chi connectivity index (χ2n) is 3.81. The van der Waals surface area contributed by atoms with E-state index in [0.29, 0.717) is 17.9 Å². The van der Waals surface area contributed by atoms with E-state index in [2.05, 4.69) is 4.72 Å². The van der Waals surface area contributed by atoms with Gasteiger partial charge in [0.1, 0.15) is 5.75 Å². The Morgan fingerprint density at radius 2 is 2.00 bits per heavy atom. The molecular weight excluding hydrogens is 274 g/mol. The molecule has 0 bridgehead atoms. The monoisotopic (exact) mass is 287 g/mol. The van der Waals surface area contributed by atoms with E-state index in [4.69, 9.17) is 4.74 Å². The predicted molar refractivity (Wildman–Crippen MR) is 69.2 cm³/mol. The van der Waals surface area contributed by atoms with Gasteiger partial charge >= 0.3 is 0 Å². The first-order chi connectivity index (χ1) is 8.53. The van der Waals surface area contributed by atoms with Crippen LogP contribution in [0.3, 0.4) is 0 Å². The average Bonchev–Trinajstić information content (AvgIpc) is 2.74. The molecule has 0 aliphatic carbocycles. The summed E-state index contributed by atoms with van der Waals surface area (Å²) >= 11 is 1.16. The zero-order valence-corrected chi connectivity index (χ0v) is 11.4. The molecule has 1 saturated heterocycles. The van der Waals surface area contributed by atoms with Crippen molar-refractivity contribution in [3.05, 3.63) is 24.3 Å². The summed E-state index contributed by atoms with van der Waals surface area (Å²) in [5.74, 6) is 1.25. The maximum atomic E-state index is 12.0. The molecule has 0 saturated carbocycles. The molecule has 1 fully saturated rings. The highest BCUT2D eigenvalue weighted by Crippen LogP contribution is 2.22. The van der Waals surface area contributed by atoms with Crippen molar-refractivity contribution in [1.82, 2.24) is 4.72 Å². The number of hydrogen-bond acceptors (Lipinski definition) is 5. The van der Waals surface area contributed by atoms with E-state index in [-0.39, 0.29) is 10.0 Å². The number of carbonyl (C=O) groups excluding carboxylic acids is 1. The maximum absolute atomic E-state index is 12.0. The highest BCUT2D eigenvalue weighted by Gasteiger charge is 2.30. The van der Waals surface area contributed by atoms with Gasteiger partial charge in [-0.05, 0) is 30.7 Å². The van der Waals surface area contributed by atoms with Crippen LogP contribution < -0.4 is 9.46 Å². The first kappa shape index (κ1) is 13.4. The van der Waals surface area contributed by atoms with Crippen molar-refractivity contribution in [1.29, 1.82) is 0 Å². The lowest BCUT2D eigenvalue weighted by molar-refractivity contribution is -0.111. The van der Waals surface area contributed by atoms with E-state index in [1.54, 1.807) is 12.1 Å². The molecule has 98 valence electrons. The van der Waals surface area contributed by atoms with Gasteiger partial charge in [0, 0.05) is 5.75 Å². The Hall–Kier alpha value is -1.05. The minimum absolute atomic E-state index is 0.118. The molecule has 7 heteroatoms. The molecule has 18 heavy (non-hydrogen) atoms. The lowest BCUT2D eigenvalue weighted by Gasteiger charge is -2.11. The summed E-state index contributed by atoms with van der Waals surface area (Å²) in [5, 5.41) is -0.118. The van der Waals surface area contributed by atoms with E-state index in [1.165, 1.54) is 19.2 Å². The number of sulfonamides is 1. The van der Waals surface area contributed by atoms with Crippen LogP contribution in [-0.4, -0.2) is 32.4 Å². The zero-order chi connectivity index (χ0) is 13.2. The molecule has 0 aromatic heterocycles. The van der Waals surface area contributed by atoms with E-state index >= 15 is 0 Å². The van der Waals surface area contributed by atoms with Gasteiger partial charge < -0.3 is 4.74 Å². The summed E-state index contributed by atoms with van der Waals surface area (Å²) in [7, 11) is -2.13. The van der Waals surface area contributed by atoms with Gasteiger partial charge in [0.15, 0.2) is 0 Å². The number of methoxy groups -OCH3 is 1. The van der Waals surface area contributed by atoms with Gasteiger partial charge in [-0.3, -0.25) is 4.79 Å². The highest BCUT2D eigenvalue weighted by molar-refractivity contribution is 8.14. The smallest absolute Gasteiger partial charge is 0.241 e. The van der Waals surface area contributed by atoms with Crippen LogP contribution in [0.5, 0.6) is 5.75 Å². The zero-order valence-electron chi connectivity index (χ0n) is 9.75. The normalized spacial score (nSPS) is 20.1. The first-order valence-corrected chi connectivity index (χ1v) is 7.83. The number of ether oxygens (including phenoxy) is 1. The second-order valence-corrected chi connectivity index (χ2v) is 6.62. The van der Waals surface area contributed by atoms with Crippen molar-refractivity contribution >= 4 is 26.9 Å². The van der Waals surface area contributed by atoms with Crippen LogP contribution in [0.4, 0.5) is 0 Å². The molecule has 1 aromatic carbocycles. The van der Waals surface area contributed by atoms with Crippen LogP contribution in [0.15, 0.2) is 29.2 Å². The van der Waals surface area contributed by atoms with E-state index in [1.807, 2.05) is 0 Å². The van der Waals surface area contributed by atoms with Crippen molar-refractivity contribution in [3.8, 4) is 5.75 Å². The van der Waals surface area contributed by atoms with E-state index in [0.717, 1.165) is 11.8 Å². The molecule has 1 aliphatic heterocycles. The number of benzene rings is 1. The topological polar surface area (TPSA) is 72.5 Å². The fraction of sp³-hybridized carbons (Fsp3) is 0.364. The Kier molecular flexibility index (Phi) is 3.94. The maximum Gasteiger partial charge on any atom is 0.241 e. The molecule has 1 atom stereocenters. The molecule has 0 amide bonds. The molecule has 1 heterocycles. The minimum Gasteiger partial charge on any atom is -0.497 e. The summed E-state index contributed by atoms with van der Waals surface area (Å²) < 4.78 is 31.4. The molecular formula is C11H13NO4S2. The predicted octanol–water partition coefficient (Wildman–Crippen LogP) is 1.01. The Morgan fingerprint density at radius 3 is 2.50 bits per heavy atom. The number of rotatable bonds is 4. The van der Waals surface area contributed by atoms with Gasteiger partial charge in [-0.1, -0.05) is 11.8 Å². The quantitative estimate of drug-likeness (QED) is 0.894. The second kappa shape index (κ2) is 5.29. The van der Waals surface area contributed by atoms with Crippen LogP contribution in [-0.2, 0) is 14.8 Å². The van der Waals surface area contributed by atoms with Crippen molar-refractivity contribution in [2.75, 3.05) is 12.9 Å². The summed E-state index contributed by atoms with van der Waals surface area (Å²) in [6.45, 7) is 0. The summed E-state index contributed by atoms with van der Waals surface area (Å²) in [6, 6.07) is 5.43. The number of nitrogens with one attached hydrogen (secondary N) is 1. The molecule has 1 N–H and O–H groups in total. The van der Waals surface area contributed by atoms with Gasteiger partial charge in [-0.15, -0.1) is 0 Å². The molecule has 5 nitrogen and oxygen atoms in total. The number of thioether (sulfide) groups is 1. The van der Waals surface area contributed by atoms with Crippen LogP contribution in [0.1, 0.15) is 6.42 Å². The summed E-state index contributed by atoms with van der Waals surface area (Å²) in [4.78, 5) is 11.5. The lowest BCUT2D eigenvalue weighted by Crippen LogP contribution is -2.37. The Bertz CT molecular complexity index is 539.